The van der Waals surface area contributed by atoms with Gasteiger partial charge in [0.25, 0.3) is 0 Å². The van der Waals surface area contributed by atoms with Gasteiger partial charge >= 0.3 is 18.2 Å². The maximum absolute atomic E-state index is 12.7. The minimum Gasteiger partial charge on any atom is -0.479 e. The molecule has 0 bridgehead atoms. The second-order valence-corrected chi connectivity index (χ2v) is 5.03. The summed E-state index contributed by atoms with van der Waals surface area (Å²) < 4.78 is 38.0. The molecule has 0 aliphatic heterocycles. The molecule has 0 aromatic carbocycles. The zero-order valence-corrected chi connectivity index (χ0v) is 11.0. The lowest BCUT2D eigenvalue weighted by Crippen LogP contribution is -2.64. The lowest BCUT2D eigenvalue weighted by atomic mass is 10.0. The second-order valence-electron chi connectivity index (χ2n) is 5.03. The van der Waals surface area contributed by atoms with Crippen LogP contribution in [0.4, 0.5) is 18.0 Å². The SMILES string of the molecule is CN(CC(C)(C)O)C(=O)NC(C)(C(=O)O)C(F)(F)F. The van der Waals surface area contributed by atoms with Crippen molar-refractivity contribution in [1.29, 1.82) is 0 Å². The number of carboxylic acid groups (broad SMARTS) is 1. The van der Waals surface area contributed by atoms with Gasteiger partial charge in [-0.1, -0.05) is 0 Å². The standard InChI is InChI=1S/C10H17F3N2O4/c1-8(2,19)5-15(4)7(18)14-9(3,6(16)17)10(11,12)13/h19H,5H2,1-4H3,(H,14,18)(H,16,17). The van der Waals surface area contributed by atoms with Crippen LogP contribution >= 0.6 is 0 Å². The van der Waals surface area contributed by atoms with E-state index in [1.165, 1.54) is 19.2 Å². The Labute approximate surface area is 108 Å². The van der Waals surface area contributed by atoms with E-state index in [1.54, 1.807) is 0 Å². The fraction of sp³-hybridized carbons (Fsp3) is 0.800. The third-order valence-corrected chi connectivity index (χ3v) is 2.32. The third-order valence-electron chi connectivity index (χ3n) is 2.32. The van der Waals surface area contributed by atoms with Crippen LogP contribution in [0, 0.1) is 0 Å². The molecule has 0 aliphatic rings. The molecule has 0 saturated heterocycles. The Morgan fingerprint density at radius 1 is 1.21 bits per heavy atom. The minimum atomic E-state index is -5.15. The van der Waals surface area contributed by atoms with Crippen LogP contribution in [0.3, 0.4) is 0 Å². The van der Waals surface area contributed by atoms with Crippen molar-refractivity contribution in [1.82, 2.24) is 10.2 Å². The van der Waals surface area contributed by atoms with E-state index in [9.17, 15) is 27.9 Å². The van der Waals surface area contributed by atoms with Crippen LogP contribution in [0.5, 0.6) is 0 Å². The van der Waals surface area contributed by atoms with Crippen LogP contribution in [-0.2, 0) is 4.79 Å². The first-order valence-corrected chi connectivity index (χ1v) is 5.26. The first kappa shape index (κ1) is 17.5. The summed E-state index contributed by atoms with van der Waals surface area (Å²) in [5.74, 6) is -2.22. The molecule has 0 radical (unpaired) electrons. The maximum Gasteiger partial charge on any atom is 0.422 e. The Morgan fingerprint density at radius 3 is 1.89 bits per heavy atom. The average molecular weight is 286 g/mol. The molecular formula is C10H17F3N2O4. The molecule has 0 spiro atoms. The zero-order valence-electron chi connectivity index (χ0n) is 11.0. The highest BCUT2D eigenvalue weighted by Crippen LogP contribution is 2.30. The smallest absolute Gasteiger partial charge is 0.422 e. The number of hydrogen-bond acceptors (Lipinski definition) is 3. The van der Waals surface area contributed by atoms with Crippen LogP contribution in [-0.4, -0.2) is 58.0 Å². The Kier molecular flexibility index (Phi) is 4.82. The van der Waals surface area contributed by atoms with E-state index in [-0.39, 0.29) is 6.54 Å². The largest absolute Gasteiger partial charge is 0.479 e. The van der Waals surface area contributed by atoms with Crippen LogP contribution < -0.4 is 5.32 Å². The van der Waals surface area contributed by atoms with Crippen LogP contribution in [0.1, 0.15) is 20.8 Å². The maximum atomic E-state index is 12.7. The van der Waals surface area contributed by atoms with Crippen molar-refractivity contribution in [3.63, 3.8) is 0 Å². The summed E-state index contributed by atoms with van der Waals surface area (Å²) >= 11 is 0. The summed E-state index contributed by atoms with van der Waals surface area (Å²) in [5, 5.41) is 19.5. The lowest BCUT2D eigenvalue weighted by molar-refractivity contribution is -0.203. The van der Waals surface area contributed by atoms with Gasteiger partial charge in [0.1, 0.15) is 0 Å². The van der Waals surface area contributed by atoms with Gasteiger partial charge < -0.3 is 20.4 Å². The molecule has 3 N–H and O–H groups in total. The van der Waals surface area contributed by atoms with Gasteiger partial charge in [-0.15, -0.1) is 0 Å². The van der Waals surface area contributed by atoms with Crippen molar-refractivity contribution in [3.8, 4) is 0 Å². The summed E-state index contributed by atoms with van der Waals surface area (Å²) in [7, 11) is 1.14. The number of nitrogens with one attached hydrogen (secondary N) is 1. The average Bonchev–Trinajstić information content (AvgIpc) is 2.12. The van der Waals surface area contributed by atoms with Crippen molar-refractivity contribution < 1.29 is 33.0 Å². The number of halogens is 3. The number of alkyl halides is 3. The first-order valence-electron chi connectivity index (χ1n) is 5.26. The molecule has 0 aliphatic carbocycles. The topological polar surface area (TPSA) is 89.9 Å². The molecule has 0 saturated carbocycles. The minimum absolute atomic E-state index is 0.258. The van der Waals surface area contributed by atoms with E-state index < -0.39 is 29.3 Å². The van der Waals surface area contributed by atoms with Crippen molar-refractivity contribution in [2.45, 2.75) is 38.1 Å². The molecule has 0 aromatic rings. The number of carbonyl (C=O) groups excluding carboxylic acids is 1. The van der Waals surface area contributed by atoms with Gasteiger partial charge in [-0.05, 0) is 20.8 Å². The molecule has 0 fully saturated rings. The number of aliphatic carboxylic acids is 1. The van der Waals surface area contributed by atoms with Gasteiger partial charge in [0.2, 0.25) is 5.54 Å². The number of urea groups is 1. The number of nitrogens with zero attached hydrogens (tertiary/aromatic N) is 1. The van der Waals surface area contributed by atoms with E-state index in [1.807, 2.05) is 0 Å². The molecule has 19 heavy (non-hydrogen) atoms. The molecule has 0 heterocycles. The van der Waals surface area contributed by atoms with E-state index in [0.717, 1.165) is 11.9 Å². The normalized spacial score (nSPS) is 15.6. The number of hydrogen-bond donors (Lipinski definition) is 3. The zero-order chi connectivity index (χ0) is 15.6. The Balaban J connectivity index is 5.00. The van der Waals surface area contributed by atoms with E-state index in [4.69, 9.17) is 5.11 Å². The van der Waals surface area contributed by atoms with Gasteiger partial charge in [0.15, 0.2) is 0 Å². The summed E-state index contributed by atoms with van der Waals surface area (Å²) in [5.41, 5.74) is -4.71. The molecule has 9 heteroatoms. The molecule has 1 unspecified atom stereocenters. The summed E-state index contributed by atoms with van der Waals surface area (Å²) in [6.07, 6.45) is -5.15. The lowest BCUT2D eigenvalue weighted by Gasteiger charge is -2.32. The predicted octanol–water partition coefficient (Wildman–Crippen LogP) is 0.804. The van der Waals surface area contributed by atoms with Crippen LogP contribution in [0.15, 0.2) is 0 Å². The summed E-state index contributed by atoms with van der Waals surface area (Å²) in [6, 6.07) is -1.25. The van der Waals surface area contributed by atoms with E-state index in [2.05, 4.69) is 0 Å². The molecule has 112 valence electrons. The quantitative estimate of drug-likeness (QED) is 0.713. The third kappa shape index (κ3) is 4.58. The molecule has 2 amide bonds. The summed E-state index contributed by atoms with van der Waals surface area (Å²) in [4.78, 5) is 23.0. The van der Waals surface area contributed by atoms with Crippen molar-refractivity contribution in [3.05, 3.63) is 0 Å². The van der Waals surface area contributed by atoms with E-state index in [0.29, 0.717) is 6.92 Å². The number of carboxylic acids is 1. The van der Waals surface area contributed by atoms with Gasteiger partial charge in [-0.25, -0.2) is 9.59 Å². The second kappa shape index (κ2) is 5.24. The van der Waals surface area contributed by atoms with Gasteiger partial charge in [-0.2, -0.15) is 13.2 Å². The number of amides is 2. The fourth-order valence-corrected chi connectivity index (χ4v) is 1.21. The summed E-state index contributed by atoms with van der Waals surface area (Å²) in [6.45, 7) is 2.81. The molecule has 0 aromatic heterocycles. The van der Waals surface area contributed by atoms with Crippen LogP contribution in [0.25, 0.3) is 0 Å². The molecule has 1 atom stereocenters. The van der Waals surface area contributed by atoms with Crippen LogP contribution in [0.2, 0.25) is 0 Å². The number of carbonyl (C=O) groups is 2. The van der Waals surface area contributed by atoms with Gasteiger partial charge in [0, 0.05) is 7.05 Å². The van der Waals surface area contributed by atoms with E-state index >= 15 is 0 Å². The van der Waals surface area contributed by atoms with Gasteiger partial charge in [0.05, 0.1) is 12.1 Å². The Morgan fingerprint density at radius 2 is 1.63 bits per heavy atom. The highest BCUT2D eigenvalue weighted by Gasteiger charge is 2.58. The van der Waals surface area contributed by atoms with Gasteiger partial charge in [-0.3, -0.25) is 0 Å². The predicted molar refractivity (Wildman–Crippen MR) is 59.6 cm³/mol. The molecule has 6 nitrogen and oxygen atoms in total. The monoisotopic (exact) mass is 286 g/mol. The number of aliphatic hydroxyl groups is 1. The highest BCUT2D eigenvalue weighted by atomic mass is 19.4. The highest BCUT2D eigenvalue weighted by molar-refractivity contribution is 5.86. The Bertz CT molecular complexity index is 365. The van der Waals surface area contributed by atoms with Crippen molar-refractivity contribution >= 4 is 12.0 Å². The molecule has 0 rings (SSSR count). The molecular weight excluding hydrogens is 269 g/mol. The first-order chi connectivity index (χ1) is 8.21. The number of rotatable bonds is 4. The number of likely N-dealkylation sites (N-methyl/N-ethyl adjacent to an activating group) is 1. The fourth-order valence-electron chi connectivity index (χ4n) is 1.21. The van der Waals surface area contributed by atoms with Crippen molar-refractivity contribution in [2.75, 3.05) is 13.6 Å². The Hall–Kier alpha value is -1.51. The van der Waals surface area contributed by atoms with Crippen molar-refractivity contribution in [2.24, 2.45) is 0 Å².